The molecule has 9 heavy (non-hydrogen) atoms. The molecule has 2 nitrogen and oxygen atoms in total. The van der Waals surface area contributed by atoms with Crippen LogP contribution in [-0.4, -0.2) is 12.1 Å². The van der Waals surface area contributed by atoms with Crippen molar-refractivity contribution in [3.63, 3.8) is 0 Å². The fraction of sp³-hybridized carbons (Fsp3) is 0.429. The van der Waals surface area contributed by atoms with Crippen molar-refractivity contribution >= 4 is 12.1 Å². The molecule has 0 aromatic rings. The van der Waals surface area contributed by atoms with E-state index in [2.05, 4.69) is 16.9 Å². The Balaban J connectivity index is 2.62. The minimum Gasteiger partial charge on any atom is -0.246 e. The first-order valence-electron chi connectivity index (χ1n) is 3.15. The summed E-state index contributed by atoms with van der Waals surface area (Å²) in [5.74, 6) is 0. The summed E-state index contributed by atoms with van der Waals surface area (Å²) in [6.45, 7) is 2.10. The highest BCUT2D eigenvalue weighted by Crippen LogP contribution is 1.96. The summed E-state index contributed by atoms with van der Waals surface area (Å²) >= 11 is 0. The van der Waals surface area contributed by atoms with Crippen molar-refractivity contribution in [2.24, 2.45) is 9.98 Å². The van der Waals surface area contributed by atoms with Gasteiger partial charge in [0.05, 0.1) is 0 Å². The van der Waals surface area contributed by atoms with E-state index in [1.165, 1.54) is 5.71 Å². The highest BCUT2D eigenvalue weighted by molar-refractivity contribution is 5.91. The van der Waals surface area contributed by atoms with Gasteiger partial charge in [0.25, 0.3) is 0 Å². The average molecular weight is 122 g/mol. The summed E-state index contributed by atoms with van der Waals surface area (Å²) in [6.07, 6.45) is 7.38. The number of nitrogens with zero attached hydrogens (tertiary/aromatic N) is 2. The zero-order valence-corrected chi connectivity index (χ0v) is 5.54. The van der Waals surface area contributed by atoms with Crippen molar-refractivity contribution in [1.82, 2.24) is 0 Å². The Morgan fingerprint density at radius 3 is 3.33 bits per heavy atom. The third kappa shape index (κ3) is 1.80. The predicted octanol–water partition coefficient (Wildman–Crippen LogP) is 1.78. The summed E-state index contributed by atoms with van der Waals surface area (Å²) in [5, 5.41) is 0. The third-order valence-electron chi connectivity index (χ3n) is 1.26. The lowest BCUT2D eigenvalue weighted by Crippen LogP contribution is -1.91. The van der Waals surface area contributed by atoms with Crippen LogP contribution in [0.5, 0.6) is 0 Å². The fourth-order valence-electron chi connectivity index (χ4n) is 0.691. The van der Waals surface area contributed by atoms with Gasteiger partial charge >= 0.3 is 0 Å². The first kappa shape index (κ1) is 6.20. The molecule has 48 valence electrons. The second-order valence-electron chi connectivity index (χ2n) is 1.90. The number of hydrogen-bond donors (Lipinski definition) is 0. The molecule has 1 aliphatic heterocycles. The zero-order valence-electron chi connectivity index (χ0n) is 5.54. The highest BCUT2D eigenvalue weighted by Gasteiger charge is 1.91. The molecule has 0 N–H and O–H groups in total. The van der Waals surface area contributed by atoms with Crippen molar-refractivity contribution in [2.45, 2.75) is 19.8 Å². The van der Waals surface area contributed by atoms with Crippen LogP contribution in [-0.2, 0) is 0 Å². The maximum atomic E-state index is 4.10. The average Bonchev–Trinajstić information content (AvgIpc) is 2.13. The number of aliphatic imine (C=N–C) groups is 2. The molecule has 0 spiro atoms. The monoisotopic (exact) mass is 122 g/mol. The Morgan fingerprint density at radius 1 is 1.67 bits per heavy atom. The minimum absolute atomic E-state index is 0.955. The van der Waals surface area contributed by atoms with Gasteiger partial charge in [0, 0.05) is 18.3 Å². The molecule has 0 atom stereocenters. The smallest absolute Gasteiger partial charge is 0.115 e. The van der Waals surface area contributed by atoms with Gasteiger partial charge in [0.1, 0.15) is 6.34 Å². The van der Waals surface area contributed by atoms with E-state index in [4.69, 9.17) is 0 Å². The lowest BCUT2D eigenvalue weighted by atomic mass is 10.2. The molecule has 1 rings (SSSR count). The summed E-state index contributed by atoms with van der Waals surface area (Å²) in [7, 11) is 0. The predicted molar refractivity (Wildman–Crippen MR) is 40.0 cm³/mol. The van der Waals surface area contributed by atoms with Crippen LogP contribution < -0.4 is 0 Å². The van der Waals surface area contributed by atoms with Gasteiger partial charge in [0.15, 0.2) is 0 Å². The van der Waals surface area contributed by atoms with Crippen LogP contribution in [0.4, 0.5) is 0 Å². The summed E-state index contributed by atoms with van der Waals surface area (Å²) < 4.78 is 0. The van der Waals surface area contributed by atoms with Crippen molar-refractivity contribution in [2.75, 3.05) is 0 Å². The van der Waals surface area contributed by atoms with E-state index in [0.717, 1.165) is 12.8 Å². The van der Waals surface area contributed by atoms with E-state index in [-0.39, 0.29) is 0 Å². The Labute approximate surface area is 55.0 Å². The molecule has 0 saturated carbocycles. The standard InChI is InChI=1S/C7H10N2/c1-2-7-4-3-5-8-6-9-7/h3,5-6H,2,4H2,1H3. The van der Waals surface area contributed by atoms with Gasteiger partial charge in [-0.15, -0.1) is 0 Å². The van der Waals surface area contributed by atoms with Gasteiger partial charge in [-0.25, -0.2) is 9.98 Å². The van der Waals surface area contributed by atoms with Gasteiger partial charge in [-0.1, -0.05) is 13.0 Å². The van der Waals surface area contributed by atoms with E-state index in [1.54, 1.807) is 12.5 Å². The molecule has 0 bridgehead atoms. The molecule has 0 aromatic heterocycles. The van der Waals surface area contributed by atoms with Crippen LogP contribution in [0, 0.1) is 0 Å². The lowest BCUT2D eigenvalue weighted by Gasteiger charge is -1.91. The van der Waals surface area contributed by atoms with Crippen LogP contribution in [0.25, 0.3) is 0 Å². The van der Waals surface area contributed by atoms with Crippen LogP contribution in [0.2, 0.25) is 0 Å². The molecule has 1 heterocycles. The van der Waals surface area contributed by atoms with Crippen LogP contribution >= 0.6 is 0 Å². The van der Waals surface area contributed by atoms with E-state index in [9.17, 15) is 0 Å². The van der Waals surface area contributed by atoms with Crippen molar-refractivity contribution < 1.29 is 0 Å². The van der Waals surface area contributed by atoms with E-state index in [0.29, 0.717) is 0 Å². The molecular formula is C7H10N2. The minimum atomic E-state index is 0.955. The largest absolute Gasteiger partial charge is 0.246 e. The normalized spacial score (nSPS) is 17.2. The van der Waals surface area contributed by atoms with Crippen molar-refractivity contribution in [1.29, 1.82) is 0 Å². The molecule has 0 amide bonds. The van der Waals surface area contributed by atoms with E-state index < -0.39 is 0 Å². The highest BCUT2D eigenvalue weighted by atomic mass is 14.9. The van der Waals surface area contributed by atoms with Gasteiger partial charge in [-0.05, 0) is 6.42 Å². The van der Waals surface area contributed by atoms with Crippen molar-refractivity contribution in [3.8, 4) is 0 Å². The number of rotatable bonds is 1. The first-order valence-corrected chi connectivity index (χ1v) is 3.15. The lowest BCUT2D eigenvalue weighted by molar-refractivity contribution is 1.22. The van der Waals surface area contributed by atoms with E-state index in [1.807, 2.05) is 6.08 Å². The fourth-order valence-corrected chi connectivity index (χ4v) is 0.691. The maximum absolute atomic E-state index is 4.10. The molecular weight excluding hydrogens is 112 g/mol. The van der Waals surface area contributed by atoms with Gasteiger partial charge in [-0.3, -0.25) is 0 Å². The second-order valence-corrected chi connectivity index (χ2v) is 1.90. The number of allylic oxidation sites excluding steroid dienone is 1. The molecule has 0 fully saturated rings. The first-order chi connectivity index (χ1) is 4.43. The van der Waals surface area contributed by atoms with Crippen LogP contribution in [0.3, 0.4) is 0 Å². The molecule has 2 heteroatoms. The Bertz CT molecular complexity index is 166. The van der Waals surface area contributed by atoms with Crippen molar-refractivity contribution in [3.05, 3.63) is 12.3 Å². The van der Waals surface area contributed by atoms with E-state index >= 15 is 0 Å². The van der Waals surface area contributed by atoms with Crippen LogP contribution in [0.15, 0.2) is 22.3 Å². The Kier molecular flexibility index (Phi) is 2.19. The summed E-state index contributed by atoms with van der Waals surface area (Å²) in [5.41, 5.74) is 1.20. The molecule has 0 aliphatic carbocycles. The second kappa shape index (κ2) is 3.17. The van der Waals surface area contributed by atoms with Gasteiger partial charge < -0.3 is 0 Å². The topological polar surface area (TPSA) is 24.7 Å². The SMILES string of the molecule is CCC1=NC=NC=CC1. The molecule has 1 aliphatic rings. The third-order valence-corrected chi connectivity index (χ3v) is 1.26. The molecule has 0 radical (unpaired) electrons. The number of hydrogen-bond acceptors (Lipinski definition) is 2. The van der Waals surface area contributed by atoms with Gasteiger partial charge in [-0.2, -0.15) is 0 Å². The zero-order chi connectivity index (χ0) is 6.53. The molecule has 0 aromatic carbocycles. The summed E-state index contributed by atoms with van der Waals surface area (Å²) in [6, 6.07) is 0. The maximum Gasteiger partial charge on any atom is 0.115 e. The van der Waals surface area contributed by atoms with Crippen LogP contribution in [0.1, 0.15) is 19.8 Å². The quantitative estimate of drug-likeness (QED) is 0.506. The van der Waals surface area contributed by atoms with Gasteiger partial charge in [0.2, 0.25) is 0 Å². The Morgan fingerprint density at radius 2 is 2.56 bits per heavy atom. The molecule has 0 unspecified atom stereocenters. The summed E-state index contributed by atoms with van der Waals surface area (Å²) in [4.78, 5) is 7.98. The Hall–Kier alpha value is -0.920. The molecule has 0 saturated heterocycles.